The molecule has 0 radical (unpaired) electrons. The van der Waals surface area contributed by atoms with Crippen LogP contribution in [0.25, 0.3) is 0 Å². The topological polar surface area (TPSA) is 39.2 Å². The molecule has 0 aromatic carbocycles. The quantitative estimate of drug-likeness (QED) is 0.577. The third-order valence-corrected chi connectivity index (χ3v) is 2.87. The lowest BCUT2D eigenvalue weighted by atomic mass is 10.1. The number of hydrogen-bond donors (Lipinski definition) is 0. The lowest BCUT2D eigenvalue weighted by molar-refractivity contribution is 0.0976. The summed E-state index contributed by atoms with van der Waals surface area (Å²) in [6.45, 7) is 2.09. The Labute approximate surface area is 101 Å². The first kappa shape index (κ1) is 11.7. The van der Waals surface area contributed by atoms with Gasteiger partial charge in [-0.05, 0) is 26.2 Å². The van der Waals surface area contributed by atoms with Crippen LogP contribution >= 0.6 is 0 Å². The van der Waals surface area contributed by atoms with Crippen molar-refractivity contribution in [2.45, 2.75) is 32.6 Å². The molecule has 88 valence electrons. The van der Waals surface area contributed by atoms with Crippen molar-refractivity contribution in [2.24, 2.45) is 0 Å². The summed E-state index contributed by atoms with van der Waals surface area (Å²) in [7, 11) is 0. The first-order valence-corrected chi connectivity index (χ1v) is 5.82. The van der Waals surface area contributed by atoms with Crippen LogP contribution in [-0.4, -0.2) is 17.4 Å². The van der Waals surface area contributed by atoms with Gasteiger partial charge in [-0.3, -0.25) is 4.79 Å². The number of ketones is 1. The van der Waals surface area contributed by atoms with E-state index in [9.17, 15) is 4.79 Å². The van der Waals surface area contributed by atoms with Crippen LogP contribution in [-0.2, 0) is 6.42 Å². The smallest absolute Gasteiger partial charge is 0.181 e. The van der Waals surface area contributed by atoms with Gasteiger partial charge in [-0.1, -0.05) is 5.92 Å². The number of carbonyl (C=O) groups excluding carboxylic acids is 1. The number of terminal acetylenes is 1. The Morgan fingerprint density at radius 1 is 1.47 bits per heavy atom. The monoisotopic (exact) mass is 229 g/mol. The van der Waals surface area contributed by atoms with Gasteiger partial charge in [-0.2, -0.15) is 0 Å². The maximum absolute atomic E-state index is 11.9. The molecule has 0 amide bonds. The minimum atomic E-state index is 0.117. The second-order valence-electron chi connectivity index (χ2n) is 4.21. The SMILES string of the molecule is C#CCOc1cc(C)nc2c1CCCCC2=O. The Hall–Kier alpha value is -1.82. The second kappa shape index (κ2) is 5.01. The minimum absolute atomic E-state index is 0.117. The molecule has 3 nitrogen and oxygen atoms in total. The van der Waals surface area contributed by atoms with Crippen molar-refractivity contribution in [2.75, 3.05) is 6.61 Å². The van der Waals surface area contributed by atoms with Crippen molar-refractivity contribution in [3.8, 4) is 18.1 Å². The molecule has 0 bridgehead atoms. The number of aryl methyl sites for hydroxylation is 1. The number of aromatic nitrogens is 1. The fourth-order valence-corrected chi connectivity index (χ4v) is 2.10. The average Bonchev–Trinajstić information content (AvgIpc) is 2.49. The molecule has 1 aliphatic rings. The van der Waals surface area contributed by atoms with E-state index in [1.165, 1.54) is 0 Å². The molecule has 1 heterocycles. The molecule has 0 spiro atoms. The molecule has 1 aromatic heterocycles. The third kappa shape index (κ3) is 2.47. The molecule has 0 aliphatic heterocycles. The molecule has 0 atom stereocenters. The summed E-state index contributed by atoms with van der Waals surface area (Å²) in [6.07, 6.45) is 8.53. The molecule has 0 fully saturated rings. The third-order valence-electron chi connectivity index (χ3n) is 2.87. The maximum Gasteiger partial charge on any atom is 0.181 e. The average molecular weight is 229 g/mol. The van der Waals surface area contributed by atoms with Gasteiger partial charge in [0.1, 0.15) is 18.1 Å². The fourth-order valence-electron chi connectivity index (χ4n) is 2.10. The van der Waals surface area contributed by atoms with E-state index in [2.05, 4.69) is 10.9 Å². The Bertz CT molecular complexity index is 486. The number of hydrogen-bond acceptors (Lipinski definition) is 3. The normalized spacial score (nSPS) is 14.7. The van der Waals surface area contributed by atoms with E-state index in [1.807, 2.05) is 13.0 Å². The largest absolute Gasteiger partial charge is 0.481 e. The van der Waals surface area contributed by atoms with Crippen molar-refractivity contribution < 1.29 is 9.53 Å². The highest BCUT2D eigenvalue weighted by Gasteiger charge is 2.21. The number of rotatable bonds is 2. The van der Waals surface area contributed by atoms with E-state index < -0.39 is 0 Å². The van der Waals surface area contributed by atoms with Crippen LogP contribution in [0.4, 0.5) is 0 Å². The van der Waals surface area contributed by atoms with Gasteiger partial charge in [0.15, 0.2) is 5.78 Å². The lowest BCUT2D eigenvalue weighted by Gasteiger charge is -2.12. The Morgan fingerprint density at radius 3 is 3.00 bits per heavy atom. The minimum Gasteiger partial charge on any atom is -0.481 e. The standard InChI is InChI=1S/C14H15NO2/c1-3-8-17-13-9-10(2)15-14-11(13)6-4-5-7-12(14)16/h1,9H,4-8H2,2H3. The highest BCUT2D eigenvalue weighted by atomic mass is 16.5. The zero-order valence-corrected chi connectivity index (χ0v) is 9.95. The summed E-state index contributed by atoms with van der Waals surface area (Å²) < 4.78 is 5.51. The number of nitrogens with zero attached hydrogens (tertiary/aromatic N) is 1. The highest BCUT2D eigenvalue weighted by molar-refractivity contribution is 5.96. The van der Waals surface area contributed by atoms with Crippen LogP contribution in [0.5, 0.6) is 5.75 Å². The predicted octanol–water partition coefficient (Wildman–Crippen LogP) is 2.31. The Kier molecular flexibility index (Phi) is 3.43. The van der Waals surface area contributed by atoms with Gasteiger partial charge in [-0.15, -0.1) is 6.42 Å². The number of pyridine rings is 1. The molecule has 17 heavy (non-hydrogen) atoms. The molecule has 0 unspecified atom stereocenters. The second-order valence-corrected chi connectivity index (χ2v) is 4.21. The fraction of sp³-hybridized carbons (Fsp3) is 0.429. The van der Waals surface area contributed by atoms with Crippen molar-refractivity contribution in [1.29, 1.82) is 0 Å². The van der Waals surface area contributed by atoms with Gasteiger partial charge in [0.25, 0.3) is 0 Å². The van der Waals surface area contributed by atoms with E-state index in [1.54, 1.807) is 0 Å². The molecular weight excluding hydrogens is 214 g/mol. The van der Waals surface area contributed by atoms with E-state index >= 15 is 0 Å². The first-order chi connectivity index (χ1) is 8.22. The summed E-state index contributed by atoms with van der Waals surface area (Å²) in [6, 6.07) is 1.86. The van der Waals surface area contributed by atoms with Crippen molar-refractivity contribution in [3.05, 3.63) is 23.0 Å². The van der Waals surface area contributed by atoms with E-state index in [0.29, 0.717) is 12.1 Å². The summed E-state index contributed by atoms with van der Waals surface area (Å²) in [5.41, 5.74) is 2.30. The van der Waals surface area contributed by atoms with Gasteiger partial charge < -0.3 is 4.74 Å². The van der Waals surface area contributed by atoms with Crippen LogP contribution in [0.2, 0.25) is 0 Å². The van der Waals surface area contributed by atoms with Gasteiger partial charge in [-0.25, -0.2) is 4.98 Å². The van der Waals surface area contributed by atoms with Gasteiger partial charge in [0.05, 0.1) is 0 Å². The number of Topliss-reactive ketones (excluding diaryl/α,β-unsaturated/α-hetero) is 1. The molecule has 1 aliphatic carbocycles. The Morgan fingerprint density at radius 2 is 2.24 bits per heavy atom. The van der Waals surface area contributed by atoms with Crippen LogP contribution in [0.15, 0.2) is 6.07 Å². The summed E-state index contributed by atoms with van der Waals surface area (Å²) in [5.74, 6) is 3.28. The molecule has 1 aromatic rings. The summed E-state index contributed by atoms with van der Waals surface area (Å²) >= 11 is 0. The number of fused-ring (bicyclic) bond motifs is 1. The number of ether oxygens (including phenoxy) is 1. The zero-order valence-electron chi connectivity index (χ0n) is 9.95. The van der Waals surface area contributed by atoms with Crippen LogP contribution in [0.1, 0.15) is 41.0 Å². The number of carbonyl (C=O) groups is 1. The summed E-state index contributed by atoms with van der Waals surface area (Å²) in [5, 5.41) is 0. The van der Waals surface area contributed by atoms with Crippen LogP contribution < -0.4 is 4.74 Å². The van der Waals surface area contributed by atoms with Crippen molar-refractivity contribution in [1.82, 2.24) is 4.98 Å². The van der Waals surface area contributed by atoms with Gasteiger partial charge in [0, 0.05) is 23.7 Å². The van der Waals surface area contributed by atoms with Crippen LogP contribution in [0.3, 0.4) is 0 Å². The Balaban J connectivity index is 2.46. The molecule has 0 saturated heterocycles. The molecule has 0 N–H and O–H groups in total. The van der Waals surface area contributed by atoms with Crippen molar-refractivity contribution in [3.63, 3.8) is 0 Å². The van der Waals surface area contributed by atoms with E-state index in [-0.39, 0.29) is 12.4 Å². The predicted molar refractivity (Wildman–Crippen MR) is 65.2 cm³/mol. The summed E-state index contributed by atoms with van der Waals surface area (Å²) in [4.78, 5) is 16.3. The maximum atomic E-state index is 11.9. The van der Waals surface area contributed by atoms with Gasteiger partial charge in [0.2, 0.25) is 0 Å². The molecule has 0 saturated carbocycles. The lowest BCUT2D eigenvalue weighted by Crippen LogP contribution is -2.08. The van der Waals surface area contributed by atoms with Crippen LogP contribution in [0, 0.1) is 19.3 Å². The molecular formula is C14H15NO2. The van der Waals surface area contributed by atoms with E-state index in [0.717, 1.165) is 36.3 Å². The van der Waals surface area contributed by atoms with Gasteiger partial charge >= 0.3 is 0 Å². The highest BCUT2D eigenvalue weighted by Crippen LogP contribution is 2.28. The van der Waals surface area contributed by atoms with E-state index in [4.69, 9.17) is 11.2 Å². The molecule has 3 heteroatoms. The zero-order chi connectivity index (χ0) is 12.3. The van der Waals surface area contributed by atoms with Crippen molar-refractivity contribution >= 4 is 5.78 Å². The first-order valence-electron chi connectivity index (χ1n) is 5.82. The molecule has 2 rings (SSSR count).